The SMILES string of the molecule is CC(OS(=O)(=O)O)S(N)(=O)=O. The maximum Gasteiger partial charge on any atom is 0.398 e. The van der Waals surface area contributed by atoms with Gasteiger partial charge in [0, 0.05) is 0 Å². The molecule has 0 aromatic rings. The van der Waals surface area contributed by atoms with Gasteiger partial charge in [0.15, 0.2) is 5.44 Å². The highest BCUT2D eigenvalue weighted by atomic mass is 32.3. The summed E-state index contributed by atoms with van der Waals surface area (Å²) in [7, 11) is -8.86. The van der Waals surface area contributed by atoms with Gasteiger partial charge in [-0.05, 0) is 6.92 Å². The van der Waals surface area contributed by atoms with Crippen molar-refractivity contribution >= 4 is 20.4 Å². The topological polar surface area (TPSA) is 124 Å². The van der Waals surface area contributed by atoms with E-state index in [2.05, 4.69) is 9.32 Å². The van der Waals surface area contributed by atoms with Crippen LogP contribution in [0.5, 0.6) is 0 Å². The number of nitrogens with two attached hydrogens (primary N) is 1. The van der Waals surface area contributed by atoms with Crippen molar-refractivity contribution in [3.8, 4) is 0 Å². The van der Waals surface area contributed by atoms with E-state index in [-0.39, 0.29) is 0 Å². The molecular formula is C2H7NO6S2. The van der Waals surface area contributed by atoms with Crippen LogP contribution in [0.25, 0.3) is 0 Å². The third kappa shape index (κ3) is 5.09. The largest absolute Gasteiger partial charge is 0.398 e. The van der Waals surface area contributed by atoms with E-state index in [9.17, 15) is 16.8 Å². The lowest BCUT2D eigenvalue weighted by Crippen LogP contribution is -2.30. The quantitative estimate of drug-likeness (QED) is 0.537. The van der Waals surface area contributed by atoms with Crippen LogP contribution in [0.15, 0.2) is 0 Å². The van der Waals surface area contributed by atoms with Gasteiger partial charge in [0.25, 0.3) is 0 Å². The zero-order valence-electron chi connectivity index (χ0n) is 5.46. The van der Waals surface area contributed by atoms with E-state index in [4.69, 9.17) is 4.55 Å². The van der Waals surface area contributed by atoms with Crippen LogP contribution in [-0.4, -0.2) is 26.8 Å². The molecular weight excluding hydrogens is 198 g/mol. The monoisotopic (exact) mass is 205 g/mol. The number of hydrogen-bond acceptors (Lipinski definition) is 5. The smallest absolute Gasteiger partial charge is 0.263 e. The van der Waals surface area contributed by atoms with Crippen LogP contribution in [0.1, 0.15) is 6.92 Å². The first-order valence-electron chi connectivity index (χ1n) is 2.30. The summed E-state index contributed by atoms with van der Waals surface area (Å²) in [6.07, 6.45) is 0. The molecule has 11 heavy (non-hydrogen) atoms. The van der Waals surface area contributed by atoms with Gasteiger partial charge in [-0.3, -0.25) is 4.55 Å². The minimum atomic E-state index is -4.77. The Morgan fingerprint density at radius 3 is 1.82 bits per heavy atom. The second kappa shape index (κ2) is 3.03. The molecule has 0 aromatic heterocycles. The van der Waals surface area contributed by atoms with Crippen molar-refractivity contribution in [3.05, 3.63) is 0 Å². The number of hydrogen-bond donors (Lipinski definition) is 2. The van der Waals surface area contributed by atoms with E-state index in [1.54, 1.807) is 0 Å². The van der Waals surface area contributed by atoms with Gasteiger partial charge in [0.1, 0.15) is 0 Å². The maximum absolute atomic E-state index is 10.3. The van der Waals surface area contributed by atoms with E-state index in [1.807, 2.05) is 0 Å². The highest BCUT2D eigenvalue weighted by Crippen LogP contribution is 2.00. The standard InChI is InChI=1S/C2H7NO6S2/c1-2(10(3,4)5)9-11(6,7)8/h2H,1H3,(H2,3,4,5)(H,6,7,8). The highest BCUT2D eigenvalue weighted by molar-refractivity contribution is 7.90. The molecule has 1 atom stereocenters. The molecule has 0 rings (SSSR count). The van der Waals surface area contributed by atoms with Gasteiger partial charge in [0.2, 0.25) is 10.0 Å². The van der Waals surface area contributed by atoms with E-state index in [1.165, 1.54) is 0 Å². The molecule has 68 valence electrons. The molecule has 0 bridgehead atoms. The van der Waals surface area contributed by atoms with Crippen LogP contribution in [0.4, 0.5) is 0 Å². The zero-order valence-corrected chi connectivity index (χ0v) is 7.09. The lowest BCUT2D eigenvalue weighted by molar-refractivity contribution is 0.251. The molecule has 0 saturated carbocycles. The van der Waals surface area contributed by atoms with Crippen molar-refractivity contribution < 1.29 is 25.6 Å². The van der Waals surface area contributed by atoms with Crippen LogP contribution >= 0.6 is 0 Å². The number of sulfonamides is 1. The van der Waals surface area contributed by atoms with E-state index < -0.39 is 25.9 Å². The molecule has 0 aliphatic carbocycles. The fourth-order valence-corrected chi connectivity index (χ4v) is 1.30. The molecule has 0 aromatic carbocycles. The Balaban J connectivity index is 4.47. The molecule has 0 radical (unpaired) electrons. The Morgan fingerprint density at radius 2 is 1.73 bits per heavy atom. The van der Waals surface area contributed by atoms with Gasteiger partial charge in [-0.1, -0.05) is 0 Å². The lowest BCUT2D eigenvalue weighted by Gasteiger charge is -2.05. The fraction of sp³-hybridized carbons (Fsp3) is 1.00. The summed E-state index contributed by atoms with van der Waals surface area (Å²) in [4.78, 5) is 0. The van der Waals surface area contributed by atoms with Crippen LogP contribution in [0, 0.1) is 0 Å². The summed E-state index contributed by atoms with van der Waals surface area (Å²) < 4.78 is 52.0. The molecule has 0 aliphatic rings. The van der Waals surface area contributed by atoms with Crippen molar-refractivity contribution in [1.29, 1.82) is 0 Å². The minimum Gasteiger partial charge on any atom is -0.263 e. The first-order chi connectivity index (χ1) is 4.63. The number of primary sulfonamides is 1. The van der Waals surface area contributed by atoms with Gasteiger partial charge >= 0.3 is 10.4 Å². The first kappa shape index (κ1) is 10.8. The van der Waals surface area contributed by atoms with Crippen LogP contribution in [-0.2, 0) is 24.6 Å². The normalized spacial score (nSPS) is 16.3. The summed E-state index contributed by atoms with van der Waals surface area (Å²) >= 11 is 0. The summed E-state index contributed by atoms with van der Waals surface area (Å²) in [5, 5.41) is 4.46. The Bertz CT molecular complexity index is 312. The van der Waals surface area contributed by atoms with Crippen LogP contribution in [0.2, 0.25) is 0 Å². The third-order valence-electron chi connectivity index (χ3n) is 0.720. The molecule has 0 spiro atoms. The molecule has 0 aliphatic heterocycles. The molecule has 1 unspecified atom stereocenters. The van der Waals surface area contributed by atoms with Gasteiger partial charge in [-0.15, -0.1) is 0 Å². The predicted octanol–water partition coefficient (Wildman–Crippen LogP) is -1.56. The van der Waals surface area contributed by atoms with Crippen LogP contribution in [0.3, 0.4) is 0 Å². The Hall–Kier alpha value is -0.220. The second-order valence-corrected chi connectivity index (χ2v) is 4.57. The Morgan fingerprint density at radius 1 is 1.36 bits per heavy atom. The molecule has 0 heterocycles. The predicted molar refractivity (Wildman–Crippen MR) is 35.2 cm³/mol. The van der Waals surface area contributed by atoms with E-state index >= 15 is 0 Å². The van der Waals surface area contributed by atoms with E-state index in [0.717, 1.165) is 6.92 Å². The van der Waals surface area contributed by atoms with Gasteiger partial charge in [0.05, 0.1) is 0 Å². The van der Waals surface area contributed by atoms with Crippen molar-refractivity contribution in [3.63, 3.8) is 0 Å². The first-order valence-corrected chi connectivity index (χ1v) is 5.27. The molecule has 3 N–H and O–H groups in total. The van der Waals surface area contributed by atoms with Crippen molar-refractivity contribution in [2.75, 3.05) is 0 Å². The molecule has 0 fully saturated rings. The highest BCUT2D eigenvalue weighted by Gasteiger charge is 2.22. The third-order valence-corrected chi connectivity index (χ3v) is 2.39. The minimum absolute atomic E-state index is 0.878. The van der Waals surface area contributed by atoms with Gasteiger partial charge < -0.3 is 0 Å². The molecule has 7 nitrogen and oxygen atoms in total. The second-order valence-electron chi connectivity index (χ2n) is 1.68. The fourth-order valence-electron chi connectivity index (χ4n) is 0.226. The van der Waals surface area contributed by atoms with Crippen molar-refractivity contribution in [1.82, 2.24) is 0 Å². The van der Waals surface area contributed by atoms with Crippen molar-refractivity contribution in [2.24, 2.45) is 5.14 Å². The lowest BCUT2D eigenvalue weighted by atomic mass is 10.9. The molecule has 9 heteroatoms. The van der Waals surface area contributed by atoms with Gasteiger partial charge in [-0.25, -0.2) is 17.7 Å². The Labute approximate surface area is 64.2 Å². The summed E-state index contributed by atoms with van der Waals surface area (Å²) in [6.45, 7) is 0.878. The summed E-state index contributed by atoms with van der Waals surface area (Å²) in [5.41, 5.74) is -1.78. The van der Waals surface area contributed by atoms with Crippen LogP contribution < -0.4 is 5.14 Å². The molecule has 0 amide bonds. The summed E-state index contributed by atoms with van der Waals surface area (Å²) in [5.74, 6) is 0. The molecule has 0 saturated heterocycles. The Kier molecular flexibility index (Phi) is 2.97. The van der Waals surface area contributed by atoms with E-state index in [0.29, 0.717) is 0 Å². The summed E-state index contributed by atoms with van der Waals surface area (Å²) in [6, 6.07) is 0. The van der Waals surface area contributed by atoms with Gasteiger partial charge in [-0.2, -0.15) is 8.42 Å². The average molecular weight is 205 g/mol. The average Bonchev–Trinajstić information content (AvgIpc) is 1.56. The number of rotatable bonds is 3. The zero-order chi connectivity index (χ0) is 9.28. The maximum atomic E-state index is 10.3. The van der Waals surface area contributed by atoms with Crippen molar-refractivity contribution in [2.45, 2.75) is 12.4 Å².